The van der Waals surface area contributed by atoms with Crippen molar-refractivity contribution < 1.29 is 14.2 Å². The van der Waals surface area contributed by atoms with Crippen LogP contribution in [0.5, 0.6) is 0 Å². The van der Waals surface area contributed by atoms with Gasteiger partial charge in [0.15, 0.2) is 0 Å². The molecule has 3 heteroatoms. The molecule has 0 saturated carbocycles. The summed E-state index contributed by atoms with van der Waals surface area (Å²) in [5.74, 6) is 0. The molecular formula is C13H18O3. The second-order valence-corrected chi connectivity index (χ2v) is 4.10. The standard InChI is InChI=1S/C13H18O3/c1-11(15-9-13-10-16-13)7-14-8-12-5-3-2-4-6-12/h2-6,11,13H,7-10H2,1H3. The van der Waals surface area contributed by atoms with Crippen LogP contribution in [0, 0.1) is 0 Å². The summed E-state index contributed by atoms with van der Waals surface area (Å²) in [7, 11) is 0. The van der Waals surface area contributed by atoms with Crippen LogP contribution < -0.4 is 0 Å². The van der Waals surface area contributed by atoms with Crippen molar-refractivity contribution in [2.75, 3.05) is 19.8 Å². The lowest BCUT2D eigenvalue weighted by Crippen LogP contribution is -2.18. The molecule has 3 nitrogen and oxygen atoms in total. The van der Waals surface area contributed by atoms with E-state index >= 15 is 0 Å². The molecule has 1 heterocycles. The van der Waals surface area contributed by atoms with E-state index in [0.717, 1.165) is 6.61 Å². The maximum absolute atomic E-state index is 5.57. The van der Waals surface area contributed by atoms with E-state index in [1.807, 2.05) is 25.1 Å². The Kier molecular flexibility index (Phi) is 4.34. The third-order valence-corrected chi connectivity index (χ3v) is 2.43. The van der Waals surface area contributed by atoms with E-state index in [9.17, 15) is 0 Å². The molecule has 1 aromatic rings. The van der Waals surface area contributed by atoms with Gasteiger partial charge in [0.2, 0.25) is 0 Å². The minimum atomic E-state index is 0.132. The highest BCUT2D eigenvalue weighted by molar-refractivity contribution is 5.13. The van der Waals surface area contributed by atoms with Crippen LogP contribution in [-0.4, -0.2) is 32.0 Å². The summed E-state index contributed by atoms with van der Waals surface area (Å²) in [4.78, 5) is 0. The third-order valence-electron chi connectivity index (χ3n) is 2.43. The Balaban J connectivity index is 1.56. The molecule has 1 aliphatic rings. The topological polar surface area (TPSA) is 31.0 Å². The number of epoxide rings is 1. The van der Waals surface area contributed by atoms with Gasteiger partial charge in [0.05, 0.1) is 32.5 Å². The minimum Gasteiger partial charge on any atom is -0.374 e. The first-order valence-electron chi connectivity index (χ1n) is 5.69. The van der Waals surface area contributed by atoms with E-state index < -0.39 is 0 Å². The molecule has 0 bridgehead atoms. The van der Waals surface area contributed by atoms with E-state index in [0.29, 0.717) is 25.9 Å². The van der Waals surface area contributed by atoms with Crippen LogP contribution in [0.2, 0.25) is 0 Å². The molecule has 0 amide bonds. The molecule has 0 radical (unpaired) electrons. The van der Waals surface area contributed by atoms with Gasteiger partial charge in [-0.15, -0.1) is 0 Å². The Labute approximate surface area is 96.3 Å². The fourth-order valence-electron chi connectivity index (χ4n) is 1.40. The average molecular weight is 222 g/mol. The second kappa shape index (κ2) is 5.99. The summed E-state index contributed by atoms with van der Waals surface area (Å²) in [5, 5.41) is 0. The zero-order chi connectivity index (χ0) is 11.2. The van der Waals surface area contributed by atoms with Crippen LogP contribution in [0.3, 0.4) is 0 Å². The summed E-state index contributed by atoms with van der Waals surface area (Å²) in [6.07, 6.45) is 0.462. The van der Waals surface area contributed by atoms with Gasteiger partial charge in [-0.25, -0.2) is 0 Å². The van der Waals surface area contributed by atoms with E-state index in [-0.39, 0.29) is 6.10 Å². The van der Waals surface area contributed by atoms with Gasteiger partial charge in [0, 0.05) is 0 Å². The van der Waals surface area contributed by atoms with Crippen molar-refractivity contribution in [2.24, 2.45) is 0 Å². The lowest BCUT2D eigenvalue weighted by Gasteiger charge is -2.12. The molecule has 2 unspecified atom stereocenters. The normalized spacial score (nSPS) is 20.7. The van der Waals surface area contributed by atoms with Gasteiger partial charge in [0.1, 0.15) is 6.10 Å². The monoisotopic (exact) mass is 222 g/mol. The van der Waals surface area contributed by atoms with Crippen molar-refractivity contribution in [3.8, 4) is 0 Å². The molecule has 0 N–H and O–H groups in total. The van der Waals surface area contributed by atoms with Crippen LogP contribution in [0.4, 0.5) is 0 Å². The SMILES string of the molecule is CC(COCc1ccccc1)OCC1CO1. The largest absolute Gasteiger partial charge is 0.374 e. The van der Waals surface area contributed by atoms with Crippen molar-refractivity contribution in [3.05, 3.63) is 35.9 Å². The van der Waals surface area contributed by atoms with Gasteiger partial charge < -0.3 is 14.2 Å². The van der Waals surface area contributed by atoms with Crippen molar-refractivity contribution in [1.82, 2.24) is 0 Å². The maximum Gasteiger partial charge on any atom is 0.104 e. The molecule has 1 saturated heterocycles. The van der Waals surface area contributed by atoms with Gasteiger partial charge in [-0.1, -0.05) is 30.3 Å². The Morgan fingerprint density at radius 3 is 2.81 bits per heavy atom. The van der Waals surface area contributed by atoms with E-state index in [1.54, 1.807) is 0 Å². The Bertz CT molecular complexity index is 295. The van der Waals surface area contributed by atoms with Crippen molar-refractivity contribution in [3.63, 3.8) is 0 Å². The molecule has 1 aromatic carbocycles. The zero-order valence-electron chi connectivity index (χ0n) is 9.59. The van der Waals surface area contributed by atoms with Gasteiger partial charge in [-0.3, -0.25) is 0 Å². The molecule has 1 aliphatic heterocycles. The number of hydrogen-bond donors (Lipinski definition) is 0. The van der Waals surface area contributed by atoms with Crippen molar-refractivity contribution >= 4 is 0 Å². The van der Waals surface area contributed by atoms with Gasteiger partial charge in [-0.2, -0.15) is 0 Å². The smallest absolute Gasteiger partial charge is 0.104 e. The third kappa shape index (κ3) is 4.31. The first-order chi connectivity index (χ1) is 7.84. The summed E-state index contributed by atoms with van der Waals surface area (Å²) >= 11 is 0. The van der Waals surface area contributed by atoms with Crippen LogP contribution in [0.25, 0.3) is 0 Å². The Hall–Kier alpha value is -0.900. The molecule has 0 aromatic heterocycles. The molecule has 1 fully saturated rings. The fourth-order valence-corrected chi connectivity index (χ4v) is 1.40. The predicted octanol–water partition coefficient (Wildman–Crippen LogP) is 2.01. The van der Waals surface area contributed by atoms with Gasteiger partial charge in [0.25, 0.3) is 0 Å². The second-order valence-electron chi connectivity index (χ2n) is 4.10. The average Bonchev–Trinajstić information content (AvgIpc) is 3.12. The number of rotatable bonds is 7. The Morgan fingerprint density at radius 1 is 1.38 bits per heavy atom. The number of ether oxygens (including phenoxy) is 3. The fraction of sp³-hybridized carbons (Fsp3) is 0.538. The summed E-state index contributed by atoms with van der Waals surface area (Å²) in [5.41, 5.74) is 1.19. The lowest BCUT2D eigenvalue weighted by atomic mass is 10.2. The van der Waals surface area contributed by atoms with Crippen LogP contribution in [0.15, 0.2) is 30.3 Å². The first-order valence-corrected chi connectivity index (χ1v) is 5.69. The zero-order valence-corrected chi connectivity index (χ0v) is 9.59. The highest BCUT2D eigenvalue weighted by Crippen LogP contribution is 2.10. The quantitative estimate of drug-likeness (QED) is 0.661. The summed E-state index contributed by atoms with van der Waals surface area (Å²) < 4.78 is 16.2. The molecule has 88 valence electrons. The highest BCUT2D eigenvalue weighted by atomic mass is 16.6. The van der Waals surface area contributed by atoms with E-state index in [1.165, 1.54) is 5.56 Å². The van der Waals surface area contributed by atoms with Crippen molar-refractivity contribution in [2.45, 2.75) is 25.7 Å². The molecule has 0 aliphatic carbocycles. The molecular weight excluding hydrogens is 204 g/mol. The highest BCUT2D eigenvalue weighted by Gasteiger charge is 2.23. The Morgan fingerprint density at radius 2 is 2.12 bits per heavy atom. The van der Waals surface area contributed by atoms with Crippen LogP contribution in [0.1, 0.15) is 12.5 Å². The van der Waals surface area contributed by atoms with Crippen molar-refractivity contribution in [1.29, 1.82) is 0 Å². The maximum atomic E-state index is 5.57. The summed E-state index contributed by atoms with van der Waals surface area (Å²) in [6, 6.07) is 10.2. The van der Waals surface area contributed by atoms with E-state index in [4.69, 9.17) is 14.2 Å². The molecule has 2 atom stereocenters. The summed E-state index contributed by atoms with van der Waals surface area (Å²) in [6.45, 7) is 4.83. The molecule has 16 heavy (non-hydrogen) atoms. The molecule has 2 rings (SSSR count). The van der Waals surface area contributed by atoms with Crippen LogP contribution in [-0.2, 0) is 20.8 Å². The van der Waals surface area contributed by atoms with E-state index in [2.05, 4.69) is 12.1 Å². The van der Waals surface area contributed by atoms with Gasteiger partial charge in [-0.05, 0) is 12.5 Å². The number of benzene rings is 1. The lowest BCUT2D eigenvalue weighted by molar-refractivity contribution is -0.0166. The minimum absolute atomic E-state index is 0.132. The van der Waals surface area contributed by atoms with Crippen LogP contribution >= 0.6 is 0 Å². The predicted molar refractivity (Wildman–Crippen MR) is 61.3 cm³/mol. The van der Waals surface area contributed by atoms with Gasteiger partial charge >= 0.3 is 0 Å². The number of hydrogen-bond acceptors (Lipinski definition) is 3. The molecule has 0 spiro atoms. The first kappa shape index (κ1) is 11.6.